The minimum absolute atomic E-state index is 0.0611. The SMILES string of the molecule is CCCCCCCCCCCCCCCCCCCCCC(=O)OC[C@H](COC(=O)CCCCCCCCCCCCCCCCC)OC(=O)CCCCCCCCCCCCCC. The molecule has 0 radical (unpaired) electrons. The summed E-state index contributed by atoms with van der Waals surface area (Å²) in [6.07, 6.45) is 59.5. The van der Waals surface area contributed by atoms with E-state index in [-0.39, 0.29) is 31.1 Å². The zero-order chi connectivity index (χ0) is 46.5. The van der Waals surface area contributed by atoms with Crippen molar-refractivity contribution in [3.8, 4) is 0 Å². The number of hydrogen-bond donors (Lipinski definition) is 0. The molecule has 0 unspecified atom stereocenters. The Labute approximate surface area is 399 Å². The molecule has 0 aliphatic rings. The van der Waals surface area contributed by atoms with Crippen LogP contribution in [0.25, 0.3) is 0 Å². The summed E-state index contributed by atoms with van der Waals surface area (Å²) in [7, 11) is 0. The van der Waals surface area contributed by atoms with Crippen LogP contribution >= 0.6 is 0 Å². The first kappa shape index (κ1) is 62.4. The van der Waals surface area contributed by atoms with E-state index in [0.29, 0.717) is 19.3 Å². The largest absolute Gasteiger partial charge is 0.462 e. The summed E-state index contributed by atoms with van der Waals surface area (Å²) in [5.74, 6) is -0.833. The standard InChI is InChI=1S/C58H112O6/c1-4-7-10-13-16-19-22-25-27-28-29-30-32-34-37-39-42-45-48-51-57(60)63-54-55(64-58(61)52-49-46-43-40-35-24-21-18-15-12-9-6-3)53-62-56(59)50-47-44-41-38-36-33-31-26-23-20-17-14-11-8-5-2/h55H,4-54H2,1-3H3/t55-/m0/s1. The van der Waals surface area contributed by atoms with Crippen LogP contribution in [0.3, 0.4) is 0 Å². The number of carbonyl (C=O) groups is 3. The summed E-state index contributed by atoms with van der Waals surface area (Å²) in [5, 5.41) is 0. The number of carbonyl (C=O) groups excluding carboxylic acids is 3. The van der Waals surface area contributed by atoms with Crippen molar-refractivity contribution in [3.63, 3.8) is 0 Å². The van der Waals surface area contributed by atoms with Crippen LogP contribution in [-0.4, -0.2) is 37.2 Å². The van der Waals surface area contributed by atoms with Gasteiger partial charge in [-0.3, -0.25) is 14.4 Å². The first-order valence-corrected chi connectivity index (χ1v) is 29.0. The zero-order valence-electron chi connectivity index (χ0n) is 43.6. The van der Waals surface area contributed by atoms with Crippen LogP contribution in [0, 0.1) is 0 Å². The molecule has 0 saturated carbocycles. The third kappa shape index (κ3) is 51.4. The van der Waals surface area contributed by atoms with Gasteiger partial charge in [-0.25, -0.2) is 0 Å². The van der Waals surface area contributed by atoms with Gasteiger partial charge in [0.2, 0.25) is 0 Å². The van der Waals surface area contributed by atoms with Crippen molar-refractivity contribution >= 4 is 17.9 Å². The van der Waals surface area contributed by atoms with Gasteiger partial charge in [-0.2, -0.15) is 0 Å². The van der Waals surface area contributed by atoms with Crippen LogP contribution in [0.5, 0.6) is 0 Å². The summed E-state index contributed by atoms with van der Waals surface area (Å²) in [6, 6.07) is 0. The van der Waals surface area contributed by atoms with Gasteiger partial charge in [0.05, 0.1) is 0 Å². The number of unbranched alkanes of at least 4 members (excludes halogenated alkanes) is 43. The minimum atomic E-state index is -0.760. The molecule has 6 nitrogen and oxygen atoms in total. The smallest absolute Gasteiger partial charge is 0.306 e. The van der Waals surface area contributed by atoms with Crippen LogP contribution in [0.2, 0.25) is 0 Å². The maximum Gasteiger partial charge on any atom is 0.306 e. The first-order valence-electron chi connectivity index (χ1n) is 29.0. The Morgan fingerprint density at radius 2 is 0.422 bits per heavy atom. The maximum atomic E-state index is 12.8. The molecule has 1 atom stereocenters. The first-order chi connectivity index (χ1) is 31.5. The molecule has 0 bridgehead atoms. The van der Waals surface area contributed by atoms with Gasteiger partial charge in [-0.1, -0.05) is 297 Å². The summed E-state index contributed by atoms with van der Waals surface area (Å²) in [5.41, 5.74) is 0. The molecule has 0 N–H and O–H groups in total. The van der Waals surface area contributed by atoms with E-state index >= 15 is 0 Å². The van der Waals surface area contributed by atoms with Crippen molar-refractivity contribution in [2.75, 3.05) is 13.2 Å². The molecule has 0 saturated heterocycles. The van der Waals surface area contributed by atoms with E-state index in [1.165, 1.54) is 238 Å². The average Bonchev–Trinajstić information content (AvgIpc) is 3.29. The lowest BCUT2D eigenvalue weighted by atomic mass is 10.0. The fourth-order valence-electron chi connectivity index (χ4n) is 8.98. The maximum absolute atomic E-state index is 12.8. The predicted octanol–water partition coefficient (Wildman–Crippen LogP) is 19.2. The van der Waals surface area contributed by atoms with Crippen molar-refractivity contribution in [1.82, 2.24) is 0 Å². The molecule has 0 amide bonds. The molecule has 0 aliphatic carbocycles. The van der Waals surface area contributed by atoms with Gasteiger partial charge in [0.1, 0.15) is 13.2 Å². The molecule has 0 aromatic heterocycles. The summed E-state index contributed by atoms with van der Waals surface area (Å²) in [6.45, 7) is 6.70. The third-order valence-electron chi connectivity index (χ3n) is 13.4. The monoisotopic (exact) mass is 905 g/mol. The highest BCUT2D eigenvalue weighted by Crippen LogP contribution is 2.18. The number of ether oxygens (including phenoxy) is 3. The third-order valence-corrected chi connectivity index (χ3v) is 13.4. The Morgan fingerprint density at radius 3 is 0.625 bits per heavy atom. The molecule has 0 aliphatic heterocycles. The molecule has 6 heteroatoms. The van der Waals surface area contributed by atoms with Crippen LogP contribution in [-0.2, 0) is 28.6 Å². The van der Waals surface area contributed by atoms with E-state index in [9.17, 15) is 14.4 Å². The quantitative estimate of drug-likeness (QED) is 0.0344. The van der Waals surface area contributed by atoms with Gasteiger partial charge in [0, 0.05) is 19.3 Å². The van der Waals surface area contributed by atoms with Crippen molar-refractivity contribution in [3.05, 3.63) is 0 Å². The average molecular weight is 906 g/mol. The molecule has 64 heavy (non-hydrogen) atoms. The summed E-state index contributed by atoms with van der Waals surface area (Å²) >= 11 is 0. The van der Waals surface area contributed by atoms with E-state index in [1.54, 1.807) is 0 Å². The van der Waals surface area contributed by atoms with E-state index in [4.69, 9.17) is 14.2 Å². The van der Waals surface area contributed by atoms with Gasteiger partial charge in [-0.15, -0.1) is 0 Å². The Morgan fingerprint density at radius 1 is 0.250 bits per heavy atom. The normalized spacial score (nSPS) is 11.9. The second-order valence-corrected chi connectivity index (χ2v) is 19.9. The Balaban J connectivity index is 4.24. The van der Waals surface area contributed by atoms with Gasteiger partial charge < -0.3 is 14.2 Å². The minimum Gasteiger partial charge on any atom is -0.462 e. The van der Waals surface area contributed by atoms with E-state index < -0.39 is 6.10 Å². The van der Waals surface area contributed by atoms with E-state index in [1.807, 2.05) is 0 Å². The van der Waals surface area contributed by atoms with Crippen molar-refractivity contribution in [2.24, 2.45) is 0 Å². The van der Waals surface area contributed by atoms with Crippen LogP contribution in [0.1, 0.15) is 335 Å². The van der Waals surface area contributed by atoms with Gasteiger partial charge in [0.15, 0.2) is 6.10 Å². The van der Waals surface area contributed by atoms with Crippen LogP contribution in [0.4, 0.5) is 0 Å². The van der Waals surface area contributed by atoms with Crippen molar-refractivity contribution in [1.29, 1.82) is 0 Å². The molecule has 0 aromatic carbocycles. The van der Waals surface area contributed by atoms with Gasteiger partial charge in [-0.05, 0) is 19.3 Å². The molecular weight excluding hydrogens is 793 g/mol. The van der Waals surface area contributed by atoms with Gasteiger partial charge in [0.25, 0.3) is 0 Å². The second-order valence-electron chi connectivity index (χ2n) is 19.9. The number of rotatable bonds is 54. The van der Waals surface area contributed by atoms with Crippen molar-refractivity contribution in [2.45, 2.75) is 341 Å². The lowest BCUT2D eigenvalue weighted by molar-refractivity contribution is -0.167. The highest BCUT2D eigenvalue weighted by molar-refractivity contribution is 5.71. The Hall–Kier alpha value is -1.59. The van der Waals surface area contributed by atoms with E-state index in [0.717, 1.165) is 57.8 Å². The second kappa shape index (κ2) is 54.0. The van der Waals surface area contributed by atoms with Gasteiger partial charge >= 0.3 is 17.9 Å². The number of esters is 3. The Bertz CT molecular complexity index is 951. The van der Waals surface area contributed by atoms with Crippen molar-refractivity contribution < 1.29 is 28.6 Å². The molecule has 0 aromatic rings. The zero-order valence-corrected chi connectivity index (χ0v) is 43.6. The molecule has 0 spiro atoms. The van der Waals surface area contributed by atoms with Crippen LogP contribution in [0.15, 0.2) is 0 Å². The molecule has 380 valence electrons. The fourth-order valence-corrected chi connectivity index (χ4v) is 8.98. The Kier molecular flexibility index (Phi) is 52.7. The fraction of sp³-hybridized carbons (Fsp3) is 0.948. The molecule has 0 fully saturated rings. The lowest BCUT2D eigenvalue weighted by Gasteiger charge is -2.18. The lowest BCUT2D eigenvalue weighted by Crippen LogP contribution is -2.30. The molecular formula is C58H112O6. The van der Waals surface area contributed by atoms with Crippen LogP contribution < -0.4 is 0 Å². The van der Waals surface area contributed by atoms with E-state index in [2.05, 4.69) is 20.8 Å². The molecule has 0 rings (SSSR count). The highest BCUT2D eigenvalue weighted by atomic mass is 16.6. The predicted molar refractivity (Wildman–Crippen MR) is 275 cm³/mol. The summed E-state index contributed by atoms with van der Waals surface area (Å²) in [4.78, 5) is 38.1. The number of hydrogen-bond acceptors (Lipinski definition) is 6. The highest BCUT2D eigenvalue weighted by Gasteiger charge is 2.19. The topological polar surface area (TPSA) is 78.9 Å². The molecule has 0 heterocycles. The summed E-state index contributed by atoms with van der Waals surface area (Å²) < 4.78 is 16.9.